The number of nitrogens with zero attached hydrogens (tertiary/aromatic N) is 3. The molecule has 1 saturated heterocycles. The molecule has 1 fully saturated rings. The Morgan fingerprint density at radius 1 is 1.41 bits per heavy atom. The zero-order valence-electron chi connectivity index (χ0n) is 12.1. The van der Waals surface area contributed by atoms with Gasteiger partial charge in [0, 0.05) is 25.7 Å². The predicted octanol–water partition coefficient (Wildman–Crippen LogP) is -1.13. The molecule has 0 aliphatic carbocycles. The Morgan fingerprint density at radius 3 is 3.18 bits per heavy atom. The van der Waals surface area contributed by atoms with E-state index in [1.807, 2.05) is 28.8 Å². The number of hydrogen-bond acceptors (Lipinski definition) is 5. The maximum Gasteiger partial charge on any atom is 0.243 e. The standard InChI is InChI=1S/C14H18N6O2/c21-13-9-15-8-10(17-13)14(22)16-6-3-5-12-19-18-11-4-1-2-7-20(11)12/h1-2,4,7,10,15H,3,5-6,8-9H2,(H,16,22)(H,17,21). The average molecular weight is 302 g/mol. The first kappa shape index (κ1) is 14.5. The number of carbonyl (C=O) groups is 2. The molecule has 1 unspecified atom stereocenters. The SMILES string of the molecule is O=C1CNCC(C(=O)NCCCc2nnc3ccccn23)N1. The van der Waals surface area contributed by atoms with Crippen LogP contribution < -0.4 is 16.0 Å². The van der Waals surface area contributed by atoms with E-state index in [0.717, 1.165) is 24.3 Å². The first-order valence-corrected chi connectivity index (χ1v) is 7.30. The molecule has 8 nitrogen and oxygen atoms in total. The lowest BCUT2D eigenvalue weighted by atomic mass is 10.2. The minimum atomic E-state index is -0.491. The molecular weight excluding hydrogens is 284 g/mol. The summed E-state index contributed by atoms with van der Waals surface area (Å²) in [4.78, 5) is 23.1. The minimum Gasteiger partial charge on any atom is -0.354 e. The zero-order valence-corrected chi connectivity index (χ0v) is 12.1. The molecule has 3 rings (SSSR count). The maximum absolute atomic E-state index is 11.9. The van der Waals surface area contributed by atoms with Crippen LogP contribution in [0.1, 0.15) is 12.2 Å². The summed E-state index contributed by atoms with van der Waals surface area (Å²) in [6, 6.07) is 5.26. The van der Waals surface area contributed by atoms with Gasteiger partial charge in [0.15, 0.2) is 5.65 Å². The number of pyridine rings is 1. The number of piperazine rings is 1. The van der Waals surface area contributed by atoms with Crippen LogP contribution in [0.15, 0.2) is 24.4 Å². The van der Waals surface area contributed by atoms with Gasteiger partial charge in [-0.3, -0.25) is 14.0 Å². The highest BCUT2D eigenvalue weighted by molar-refractivity contribution is 5.89. The molecule has 2 aromatic heterocycles. The Morgan fingerprint density at radius 2 is 2.32 bits per heavy atom. The van der Waals surface area contributed by atoms with Crippen LogP contribution in [0, 0.1) is 0 Å². The number of aryl methyl sites for hydroxylation is 1. The van der Waals surface area contributed by atoms with Crippen molar-refractivity contribution in [3.05, 3.63) is 30.2 Å². The topological polar surface area (TPSA) is 100 Å². The lowest BCUT2D eigenvalue weighted by Gasteiger charge is -2.23. The van der Waals surface area contributed by atoms with Crippen molar-refractivity contribution >= 4 is 17.5 Å². The summed E-state index contributed by atoms with van der Waals surface area (Å²) in [5, 5.41) is 16.6. The van der Waals surface area contributed by atoms with Crippen molar-refractivity contribution in [1.82, 2.24) is 30.5 Å². The second-order valence-corrected chi connectivity index (χ2v) is 5.19. The predicted molar refractivity (Wildman–Crippen MR) is 79.1 cm³/mol. The van der Waals surface area contributed by atoms with E-state index in [4.69, 9.17) is 0 Å². The van der Waals surface area contributed by atoms with Crippen molar-refractivity contribution in [2.45, 2.75) is 18.9 Å². The van der Waals surface area contributed by atoms with Crippen molar-refractivity contribution in [2.75, 3.05) is 19.6 Å². The number of nitrogens with one attached hydrogen (secondary N) is 3. The second-order valence-electron chi connectivity index (χ2n) is 5.19. The minimum absolute atomic E-state index is 0.152. The number of fused-ring (bicyclic) bond motifs is 1. The third kappa shape index (κ3) is 3.22. The first-order valence-electron chi connectivity index (χ1n) is 7.30. The maximum atomic E-state index is 11.9. The van der Waals surface area contributed by atoms with E-state index in [-0.39, 0.29) is 18.4 Å². The van der Waals surface area contributed by atoms with Crippen LogP contribution in [0.4, 0.5) is 0 Å². The van der Waals surface area contributed by atoms with E-state index in [1.165, 1.54) is 0 Å². The smallest absolute Gasteiger partial charge is 0.243 e. The quantitative estimate of drug-likeness (QED) is 0.607. The number of rotatable bonds is 5. The van der Waals surface area contributed by atoms with E-state index in [2.05, 4.69) is 26.1 Å². The highest BCUT2D eigenvalue weighted by Crippen LogP contribution is 2.04. The van der Waals surface area contributed by atoms with Crippen LogP contribution in [-0.4, -0.2) is 52.1 Å². The van der Waals surface area contributed by atoms with E-state index >= 15 is 0 Å². The van der Waals surface area contributed by atoms with Crippen molar-refractivity contribution in [3.63, 3.8) is 0 Å². The van der Waals surface area contributed by atoms with Crippen LogP contribution in [-0.2, 0) is 16.0 Å². The van der Waals surface area contributed by atoms with Gasteiger partial charge in [-0.25, -0.2) is 0 Å². The van der Waals surface area contributed by atoms with Crippen molar-refractivity contribution in [1.29, 1.82) is 0 Å². The molecule has 1 aliphatic heterocycles. The van der Waals surface area contributed by atoms with Gasteiger partial charge < -0.3 is 16.0 Å². The van der Waals surface area contributed by atoms with Gasteiger partial charge in [-0.2, -0.15) is 0 Å². The molecule has 0 aromatic carbocycles. The van der Waals surface area contributed by atoms with Gasteiger partial charge in [0.05, 0.1) is 6.54 Å². The third-order valence-corrected chi connectivity index (χ3v) is 3.55. The normalized spacial score (nSPS) is 18.2. The monoisotopic (exact) mass is 302 g/mol. The molecule has 22 heavy (non-hydrogen) atoms. The van der Waals surface area contributed by atoms with E-state index in [0.29, 0.717) is 13.1 Å². The molecule has 0 radical (unpaired) electrons. The van der Waals surface area contributed by atoms with E-state index in [1.54, 1.807) is 0 Å². The van der Waals surface area contributed by atoms with Gasteiger partial charge in [0.1, 0.15) is 11.9 Å². The number of carbonyl (C=O) groups excluding carboxylic acids is 2. The molecule has 0 spiro atoms. The fraction of sp³-hybridized carbons (Fsp3) is 0.429. The number of hydrogen-bond donors (Lipinski definition) is 3. The molecule has 2 amide bonds. The number of aromatic nitrogens is 3. The second kappa shape index (κ2) is 6.52. The molecule has 116 valence electrons. The van der Waals surface area contributed by atoms with Crippen molar-refractivity contribution in [2.24, 2.45) is 0 Å². The fourth-order valence-electron chi connectivity index (χ4n) is 2.43. The van der Waals surface area contributed by atoms with Gasteiger partial charge in [-0.1, -0.05) is 6.07 Å². The van der Waals surface area contributed by atoms with E-state index < -0.39 is 6.04 Å². The van der Waals surface area contributed by atoms with Gasteiger partial charge in [-0.05, 0) is 18.6 Å². The summed E-state index contributed by atoms with van der Waals surface area (Å²) >= 11 is 0. The van der Waals surface area contributed by atoms with Crippen LogP contribution in [0.3, 0.4) is 0 Å². The van der Waals surface area contributed by atoms with Crippen LogP contribution in [0.5, 0.6) is 0 Å². The zero-order chi connectivity index (χ0) is 15.4. The largest absolute Gasteiger partial charge is 0.354 e. The Hall–Kier alpha value is -2.48. The van der Waals surface area contributed by atoms with Crippen LogP contribution in [0.25, 0.3) is 5.65 Å². The summed E-state index contributed by atoms with van der Waals surface area (Å²) < 4.78 is 1.94. The Labute approximate surface area is 127 Å². The molecule has 0 bridgehead atoms. The summed E-state index contributed by atoms with van der Waals surface area (Å²) in [5.74, 6) is 0.561. The Balaban J connectivity index is 1.45. The highest BCUT2D eigenvalue weighted by Gasteiger charge is 2.23. The fourth-order valence-corrected chi connectivity index (χ4v) is 2.43. The lowest BCUT2D eigenvalue weighted by Crippen LogP contribution is -2.58. The lowest BCUT2D eigenvalue weighted by molar-refractivity contribution is -0.130. The number of amides is 2. The molecule has 2 aromatic rings. The molecule has 3 heterocycles. The third-order valence-electron chi connectivity index (χ3n) is 3.55. The summed E-state index contributed by atoms with van der Waals surface area (Å²) in [6.07, 6.45) is 3.41. The Bertz CT molecular complexity index is 683. The van der Waals surface area contributed by atoms with Gasteiger partial charge in [-0.15, -0.1) is 10.2 Å². The molecule has 3 N–H and O–H groups in total. The molecule has 0 saturated carbocycles. The molecular formula is C14H18N6O2. The summed E-state index contributed by atoms with van der Waals surface area (Å²) in [6.45, 7) is 1.27. The molecule has 1 aliphatic rings. The summed E-state index contributed by atoms with van der Waals surface area (Å²) in [7, 11) is 0. The van der Waals surface area contributed by atoms with Gasteiger partial charge >= 0.3 is 0 Å². The van der Waals surface area contributed by atoms with Crippen LogP contribution in [0.2, 0.25) is 0 Å². The molecule has 8 heteroatoms. The average Bonchev–Trinajstić information content (AvgIpc) is 2.95. The first-order chi connectivity index (χ1) is 10.7. The summed E-state index contributed by atoms with van der Waals surface area (Å²) in [5.41, 5.74) is 0.817. The molecule has 1 atom stereocenters. The van der Waals surface area contributed by atoms with Gasteiger partial charge in [0.2, 0.25) is 11.8 Å². The Kier molecular flexibility index (Phi) is 4.29. The van der Waals surface area contributed by atoms with Crippen molar-refractivity contribution in [3.8, 4) is 0 Å². The van der Waals surface area contributed by atoms with Crippen molar-refractivity contribution < 1.29 is 9.59 Å². The highest BCUT2D eigenvalue weighted by atomic mass is 16.2. The van der Waals surface area contributed by atoms with Crippen LogP contribution >= 0.6 is 0 Å². The van der Waals surface area contributed by atoms with Gasteiger partial charge in [0.25, 0.3) is 0 Å². The van der Waals surface area contributed by atoms with E-state index in [9.17, 15) is 9.59 Å².